The van der Waals surface area contributed by atoms with E-state index in [1.54, 1.807) is 28.4 Å². The molecule has 4 rings (SSSR count). The zero-order valence-corrected chi connectivity index (χ0v) is 14.9. The summed E-state index contributed by atoms with van der Waals surface area (Å²) in [5, 5.41) is 12.9. The lowest BCUT2D eigenvalue weighted by Gasteiger charge is -1.99. The fraction of sp³-hybridized carbons (Fsp3) is 0.0526. The van der Waals surface area contributed by atoms with E-state index in [0.717, 1.165) is 11.1 Å². The fourth-order valence-corrected chi connectivity index (χ4v) is 3.21. The predicted molar refractivity (Wildman–Crippen MR) is 101 cm³/mol. The van der Waals surface area contributed by atoms with Crippen molar-refractivity contribution in [2.24, 2.45) is 0 Å². The average Bonchev–Trinajstić information content (AvgIpc) is 3.33. The number of anilines is 1. The van der Waals surface area contributed by atoms with Crippen molar-refractivity contribution in [2.45, 2.75) is 6.54 Å². The van der Waals surface area contributed by atoms with Crippen LogP contribution in [-0.4, -0.2) is 25.9 Å². The van der Waals surface area contributed by atoms with Gasteiger partial charge in [-0.3, -0.25) is 10.1 Å². The summed E-state index contributed by atoms with van der Waals surface area (Å²) in [6.45, 7) is 0.535. The lowest BCUT2D eigenvalue weighted by molar-refractivity contribution is 0.102. The second-order valence-corrected chi connectivity index (χ2v) is 6.64. The lowest BCUT2D eigenvalue weighted by atomic mass is 10.2. The number of nitrogens with zero attached hydrogens (tertiary/aromatic N) is 4. The Morgan fingerprint density at radius 2 is 1.89 bits per heavy atom. The van der Waals surface area contributed by atoms with E-state index in [4.69, 9.17) is 0 Å². The first-order valence-electron chi connectivity index (χ1n) is 8.14. The first-order valence-corrected chi connectivity index (χ1v) is 9.02. The van der Waals surface area contributed by atoms with Crippen molar-refractivity contribution >= 4 is 22.4 Å². The van der Waals surface area contributed by atoms with Crippen LogP contribution in [0.4, 0.5) is 9.52 Å². The van der Waals surface area contributed by atoms with E-state index in [1.807, 2.05) is 30.3 Å². The summed E-state index contributed by atoms with van der Waals surface area (Å²) in [4.78, 5) is 16.7. The number of halogens is 1. The van der Waals surface area contributed by atoms with Crippen molar-refractivity contribution in [1.29, 1.82) is 0 Å². The Morgan fingerprint density at radius 3 is 2.67 bits per heavy atom. The molecule has 134 valence electrons. The Hall–Kier alpha value is -3.39. The van der Waals surface area contributed by atoms with Crippen molar-refractivity contribution in [1.82, 2.24) is 20.0 Å². The zero-order chi connectivity index (χ0) is 18.6. The zero-order valence-electron chi connectivity index (χ0n) is 14.0. The van der Waals surface area contributed by atoms with Crippen LogP contribution in [0.1, 0.15) is 16.1 Å². The van der Waals surface area contributed by atoms with E-state index in [-0.39, 0.29) is 17.4 Å². The Labute approximate surface area is 158 Å². The van der Waals surface area contributed by atoms with E-state index in [2.05, 4.69) is 20.6 Å². The third-order valence-corrected chi connectivity index (χ3v) is 4.58. The summed E-state index contributed by atoms with van der Waals surface area (Å²) in [6.07, 6.45) is 1.59. The molecule has 0 spiro atoms. The molecular weight excluding hydrogens is 365 g/mol. The van der Waals surface area contributed by atoms with Gasteiger partial charge in [0.25, 0.3) is 5.91 Å². The molecule has 8 heteroatoms. The van der Waals surface area contributed by atoms with Crippen molar-refractivity contribution in [2.75, 3.05) is 5.32 Å². The molecule has 0 aliphatic rings. The molecule has 0 aliphatic carbocycles. The number of hydrogen-bond donors (Lipinski definition) is 1. The van der Waals surface area contributed by atoms with Gasteiger partial charge in [-0.1, -0.05) is 35.5 Å². The number of hydrogen-bond acceptors (Lipinski definition) is 5. The molecule has 6 nitrogen and oxygen atoms in total. The highest BCUT2D eigenvalue weighted by Crippen LogP contribution is 2.25. The molecule has 1 amide bonds. The molecule has 0 bridgehead atoms. The number of benzene rings is 2. The first kappa shape index (κ1) is 17.0. The molecule has 2 aromatic heterocycles. The number of carbonyl (C=O) groups excluding carboxylic acids is 1. The van der Waals surface area contributed by atoms with Gasteiger partial charge in [0.2, 0.25) is 0 Å². The third-order valence-electron chi connectivity index (χ3n) is 3.82. The number of carbonyl (C=O) groups is 1. The molecule has 2 aromatic carbocycles. The van der Waals surface area contributed by atoms with Gasteiger partial charge in [0, 0.05) is 10.9 Å². The topological polar surface area (TPSA) is 72.7 Å². The molecule has 27 heavy (non-hydrogen) atoms. The van der Waals surface area contributed by atoms with Crippen LogP contribution in [-0.2, 0) is 6.54 Å². The van der Waals surface area contributed by atoms with Crippen molar-refractivity contribution < 1.29 is 9.18 Å². The maximum absolute atomic E-state index is 13.0. The first-order chi connectivity index (χ1) is 13.2. The van der Waals surface area contributed by atoms with Crippen LogP contribution >= 0.6 is 11.3 Å². The summed E-state index contributed by atoms with van der Waals surface area (Å²) in [5.74, 6) is -0.685. The monoisotopic (exact) mass is 379 g/mol. The number of amides is 1. The van der Waals surface area contributed by atoms with Crippen LogP contribution in [0.25, 0.3) is 11.3 Å². The molecule has 0 aliphatic heterocycles. The maximum atomic E-state index is 13.0. The van der Waals surface area contributed by atoms with E-state index >= 15 is 0 Å². The van der Waals surface area contributed by atoms with Gasteiger partial charge in [-0.15, -0.1) is 16.4 Å². The van der Waals surface area contributed by atoms with Crippen molar-refractivity contribution in [3.8, 4) is 11.3 Å². The Kier molecular flexibility index (Phi) is 4.71. The van der Waals surface area contributed by atoms with Gasteiger partial charge < -0.3 is 0 Å². The van der Waals surface area contributed by atoms with Crippen LogP contribution in [0.5, 0.6) is 0 Å². The maximum Gasteiger partial charge on any atom is 0.279 e. The molecule has 0 saturated heterocycles. The molecule has 0 saturated carbocycles. The SMILES string of the molecule is O=C(Nc1nc(-c2ccc(F)cc2)cs1)c1cn(Cc2ccccc2)nn1. The van der Waals surface area contributed by atoms with Crippen molar-refractivity contribution in [3.63, 3.8) is 0 Å². The minimum Gasteiger partial charge on any atom is -0.296 e. The highest BCUT2D eigenvalue weighted by molar-refractivity contribution is 7.14. The average molecular weight is 379 g/mol. The van der Waals surface area contributed by atoms with Gasteiger partial charge in [0.05, 0.1) is 18.4 Å². The van der Waals surface area contributed by atoms with Gasteiger partial charge in [-0.05, 0) is 29.8 Å². The van der Waals surface area contributed by atoms with Crippen molar-refractivity contribution in [3.05, 3.63) is 83.2 Å². The standard InChI is InChI=1S/C19H14FN5OS/c20-15-8-6-14(7-9-15)17-12-27-19(21-17)22-18(26)16-11-25(24-23-16)10-13-4-2-1-3-5-13/h1-9,11-12H,10H2,(H,21,22,26). The number of nitrogens with one attached hydrogen (secondary N) is 1. The molecule has 0 radical (unpaired) electrons. The van der Waals surface area contributed by atoms with Crippen LogP contribution in [0.15, 0.2) is 66.2 Å². The summed E-state index contributed by atoms with van der Waals surface area (Å²) in [5.41, 5.74) is 2.73. The van der Waals surface area contributed by atoms with Gasteiger partial charge in [0.1, 0.15) is 5.82 Å². The molecule has 0 atom stereocenters. The molecule has 1 N–H and O–H groups in total. The molecule has 0 unspecified atom stereocenters. The lowest BCUT2D eigenvalue weighted by Crippen LogP contribution is -2.12. The Morgan fingerprint density at radius 1 is 1.11 bits per heavy atom. The summed E-state index contributed by atoms with van der Waals surface area (Å²) in [6, 6.07) is 15.8. The van der Waals surface area contributed by atoms with Crippen LogP contribution < -0.4 is 5.32 Å². The predicted octanol–water partition coefficient (Wildman–Crippen LogP) is 3.84. The smallest absolute Gasteiger partial charge is 0.279 e. The number of aromatic nitrogens is 4. The van der Waals surface area contributed by atoms with Crippen LogP contribution in [0.3, 0.4) is 0 Å². The van der Waals surface area contributed by atoms with Gasteiger partial charge in [-0.25, -0.2) is 14.1 Å². The second-order valence-electron chi connectivity index (χ2n) is 5.79. The fourth-order valence-electron chi connectivity index (χ4n) is 2.50. The molecule has 0 fully saturated rings. The minimum atomic E-state index is -0.380. The minimum absolute atomic E-state index is 0.212. The van der Waals surface area contributed by atoms with Crippen LogP contribution in [0.2, 0.25) is 0 Å². The van der Waals surface area contributed by atoms with Gasteiger partial charge in [0.15, 0.2) is 10.8 Å². The molecule has 2 heterocycles. The Balaban J connectivity index is 1.43. The van der Waals surface area contributed by atoms with E-state index in [1.165, 1.54) is 23.5 Å². The number of rotatable bonds is 5. The van der Waals surface area contributed by atoms with Gasteiger partial charge in [-0.2, -0.15) is 0 Å². The van der Waals surface area contributed by atoms with E-state index < -0.39 is 0 Å². The quantitative estimate of drug-likeness (QED) is 0.572. The normalized spacial score (nSPS) is 10.7. The van der Waals surface area contributed by atoms with E-state index in [0.29, 0.717) is 17.4 Å². The molecular formula is C19H14FN5OS. The third kappa shape index (κ3) is 4.06. The highest BCUT2D eigenvalue weighted by atomic mass is 32.1. The summed E-state index contributed by atoms with van der Waals surface area (Å²) < 4.78 is 14.6. The summed E-state index contributed by atoms with van der Waals surface area (Å²) >= 11 is 1.29. The Bertz CT molecular complexity index is 1060. The molecule has 4 aromatic rings. The summed E-state index contributed by atoms with van der Waals surface area (Å²) in [7, 11) is 0. The number of thiazole rings is 1. The van der Waals surface area contributed by atoms with Crippen LogP contribution in [0, 0.1) is 5.82 Å². The van der Waals surface area contributed by atoms with E-state index in [9.17, 15) is 9.18 Å². The second kappa shape index (κ2) is 7.46. The highest BCUT2D eigenvalue weighted by Gasteiger charge is 2.14. The largest absolute Gasteiger partial charge is 0.296 e. The van der Waals surface area contributed by atoms with Gasteiger partial charge >= 0.3 is 0 Å².